The van der Waals surface area contributed by atoms with Gasteiger partial charge in [-0.3, -0.25) is 4.79 Å². The van der Waals surface area contributed by atoms with Crippen molar-refractivity contribution in [2.24, 2.45) is 5.41 Å². The Kier molecular flexibility index (Phi) is 11.1. The van der Waals surface area contributed by atoms with Crippen molar-refractivity contribution >= 4 is 14.3 Å². The molecule has 0 radical (unpaired) electrons. The Morgan fingerprint density at radius 3 is 1.68 bits per heavy atom. The van der Waals surface area contributed by atoms with Crippen LogP contribution in [0.4, 0.5) is 26.3 Å². The molecule has 0 N–H and O–H groups in total. The van der Waals surface area contributed by atoms with Crippen molar-refractivity contribution in [1.82, 2.24) is 0 Å². The zero-order chi connectivity index (χ0) is 30.4. The quantitative estimate of drug-likeness (QED) is 0.140. The Labute approximate surface area is 233 Å². The van der Waals surface area contributed by atoms with Crippen LogP contribution in [0.25, 0.3) is 0 Å². The summed E-state index contributed by atoms with van der Waals surface area (Å²) in [5.74, 6) is -0.485. The molecule has 0 heterocycles. The van der Waals surface area contributed by atoms with Gasteiger partial charge in [-0.2, -0.15) is 26.3 Å². The van der Waals surface area contributed by atoms with Gasteiger partial charge in [0, 0.05) is 0 Å². The van der Waals surface area contributed by atoms with Crippen molar-refractivity contribution < 1.29 is 45.0 Å². The summed E-state index contributed by atoms with van der Waals surface area (Å²) < 4.78 is 98.7. The monoisotopic (exact) mass is 592 g/mol. The van der Waals surface area contributed by atoms with Crippen molar-refractivity contribution in [3.05, 3.63) is 70.8 Å². The lowest BCUT2D eigenvalue weighted by molar-refractivity contribution is -0.164. The number of benzene rings is 2. The second kappa shape index (κ2) is 13.1. The molecule has 0 aliphatic heterocycles. The molecule has 1 atom stereocenters. The Morgan fingerprint density at radius 2 is 1.25 bits per heavy atom. The molecule has 0 aromatic heterocycles. The molecule has 0 aliphatic rings. The topological polar surface area (TPSA) is 44.8 Å². The second-order valence-corrected chi connectivity index (χ2v) is 15.6. The SMILES string of the molecule is CC[Si](CC)(CC)O[C@@](COCc1cc(C(F)(F)F)cc(C(F)(F)F)c1)(COC(=O)C(C)(C)C)c1ccccc1. The molecule has 224 valence electrons. The molecule has 40 heavy (non-hydrogen) atoms. The average Bonchev–Trinajstić information content (AvgIpc) is 2.89. The molecule has 0 fully saturated rings. The molecule has 0 unspecified atom stereocenters. The van der Waals surface area contributed by atoms with Crippen LogP contribution in [0.2, 0.25) is 18.1 Å². The molecule has 11 heteroatoms. The number of hydrogen-bond donors (Lipinski definition) is 0. The van der Waals surface area contributed by atoms with Gasteiger partial charge in [-0.1, -0.05) is 51.1 Å². The molecule has 2 aromatic rings. The van der Waals surface area contributed by atoms with Gasteiger partial charge in [0.25, 0.3) is 0 Å². The standard InChI is InChI=1S/C29H38F6O4Si/c1-7-40(8-2,9-3)39-27(22-13-11-10-12-14-22,20-38-25(36)26(4,5)6)19-37-18-21-15-23(28(30,31)32)17-24(16-21)29(33,34)35/h10-17H,7-9,18-20H2,1-6H3/t27-/m0/s1. The fraction of sp³-hybridized carbons (Fsp3) is 0.552. The van der Waals surface area contributed by atoms with Gasteiger partial charge >= 0.3 is 18.3 Å². The number of halogens is 6. The van der Waals surface area contributed by atoms with Gasteiger partial charge in [-0.25, -0.2) is 0 Å². The van der Waals surface area contributed by atoms with E-state index in [1.807, 2.05) is 20.8 Å². The number of carbonyl (C=O) groups excluding carboxylic acids is 1. The van der Waals surface area contributed by atoms with Crippen molar-refractivity contribution in [3.63, 3.8) is 0 Å². The lowest BCUT2D eigenvalue weighted by Gasteiger charge is -2.42. The lowest BCUT2D eigenvalue weighted by atomic mass is 9.94. The number of alkyl halides is 6. The van der Waals surface area contributed by atoms with Crippen molar-refractivity contribution in [2.45, 2.75) is 84.2 Å². The third-order valence-corrected chi connectivity index (χ3v) is 11.6. The van der Waals surface area contributed by atoms with Crippen LogP contribution in [0.1, 0.15) is 63.8 Å². The first kappa shape index (κ1) is 33.8. The zero-order valence-corrected chi connectivity index (χ0v) is 24.8. The maximum Gasteiger partial charge on any atom is 0.416 e. The molecular weight excluding hydrogens is 554 g/mol. The minimum absolute atomic E-state index is 0.0799. The van der Waals surface area contributed by atoms with Crippen LogP contribution >= 0.6 is 0 Å². The third kappa shape index (κ3) is 8.81. The van der Waals surface area contributed by atoms with Crippen LogP contribution in [-0.2, 0) is 43.3 Å². The van der Waals surface area contributed by atoms with E-state index in [1.54, 1.807) is 51.1 Å². The summed E-state index contributed by atoms with van der Waals surface area (Å²) >= 11 is 0. The highest BCUT2D eigenvalue weighted by Gasteiger charge is 2.44. The summed E-state index contributed by atoms with van der Waals surface area (Å²) in [5.41, 5.74) is -4.64. The highest BCUT2D eigenvalue weighted by Crippen LogP contribution is 2.38. The van der Waals surface area contributed by atoms with E-state index in [0.29, 0.717) is 17.7 Å². The van der Waals surface area contributed by atoms with Crippen molar-refractivity contribution in [1.29, 1.82) is 0 Å². The van der Waals surface area contributed by atoms with Gasteiger partial charge in [0.2, 0.25) is 0 Å². The van der Waals surface area contributed by atoms with Gasteiger partial charge in [0.05, 0.1) is 29.8 Å². The Balaban J connectivity index is 2.53. The number of carbonyl (C=O) groups is 1. The van der Waals surface area contributed by atoms with Crippen LogP contribution in [-0.4, -0.2) is 27.5 Å². The first-order valence-electron chi connectivity index (χ1n) is 13.2. The minimum Gasteiger partial charge on any atom is -0.462 e. The van der Waals surface area contributed by atoms with Crippen LogP contribution in [0.15, 0.2) is 48.5 Å². The summed E-state index contributed by atoms with van der Waals surface area (Å²) in [7, 11) is -2.42. The average molecular weight is 593 g/mol. The lowest BCUT2D eigenvalue weighted by Crippen LogP contribution is -2.51. The normalized spacial score (nSPS) is 14.6. The van der Waals surface area contributed by atoms with Crippen LogP contribution in [0.3, 0.4) is 0 Å². The van der Waals surface area contributed by atoms with E-state index in [1.165, 1.54) is 0 Å². The highest BCUT2D eigenvalue weighted by molar-refractivity contribution is 6.73. The Morgan fingerprint density at radius 1 is 0.750 bits per heavy atom. The maximum absolute atomic E-state index is 13.4. The highest BCUT2D eigenvalue weighted by atomic mass is 28.4. The molecule has 0 saturated heterocycles. The number of esters is 1. The van der Waals surface area contributed by atoms with E-state index < -0.39 is 55.4 Å². The number of hydrogen-bond acceptors (Lipinski definition) is 4. The fourth-order valence-electron chi connectivity index (χ4n) is 4.28. The molecule has 2 rings (SSSR count). The Bertz CT molecular complexity index is 1070. The second-order valence-electron chi connectivity index (χ2n) is 10.9. The number of ether oxygens (including phenoxy) is 2. The molecule has 0 amide bonds. The zero-order valence-electron chi connectivity index (χ0n) is 23.8. The Hall–Kier alpha value is -2.37. The molecule has 0 aliphatic carbocycles. The molecule has 0 spiro atoms. The molecule has 0 saturated carbocycles. The predicted molar refractivity (Wildman–Crippen MR) is 143 cm³/mol. The van der Waals surface area contributed by atoms with Gasteiger partial charge in [0.1, 0.15) is 12.2 Å². The molecular formula is C29H38F6O4Si. The van der Waals surface area contributed by atoms with Crippen LogP contribution in [0.5, 0.6) is 0 Å². The van der Waals surface area contributed by atoms with E-state index in [4.69, 9.17) is 13.9 Å². The summed E-state index contributed by atoms with van der Waals surface area (Å²) in [6, 6.07) is 12.5. The van der Waals surface area contributed by atoms with E-state index in [0.717, 1.165) is 18.1 Å². The molecule has 2 aromatic carbocycles. The molecule has 0 bridgehead atoms. The summed E-state index contributed by atoms with van der Waals surface area (Å²) in [6.45, 7) is 10.1. The van der Waals surface area contributed by atoms with Gasteiger partial charge < -0.3 is 13.9 Å². The smallest absolute Gasteiger partial charge is 0.416 e. The molecule has 4 nitrogen and oxygen atoms in total. The van der Waals surface area contributed by atoms with E-state index >= 15 is 0 Å². The van der Waals surface area contributed by atoms with Crippen LogP contribution in [0, 0.1) is 5.41 Å². The summed E-state index contributed by atoms with van der Waals surface area (Å²) in [5, 5.41) is 0. The van der Waals surface area contributed by atoms with Gasteiger partial charge in [-0.15, -0.1) is 0 Å². The third-order valence-electron chi connectivity index (χ3n) is 6.94. The van der Waals surface area contributed by atoms with Crippen LogP contribution < -0.4 is 0 Å². The predicted octanol–water partition coefficient (Wildman–Crippen LogP) is 8.75. The number of rotatable bonds is 12. The van der Waals surface area contributed by atoms with Crippen molar-refractivity contribution in [3.8, 4) is 0 Å². The summed E-state index contributed by atoms with van der Waals surface area (Å²) in [6.07, 6.45) is -9.94. The van der Waals surface area contributed by atoms with E-state index in [2.05, 4.69) is 0 Å². The minimum atomic E-state index is -4.97. The van der Waals surface area contributed by atoms with Gasteiger partial charge in [0.15, 0.2) is 8.32 Å². The first-order valence-corrected chi connectivity index (χ1v) is 15.7. The summed E-state index contributed by atoms with van der Waals surface area (Å²) in [4.78, 5) is 12.8. The van der Waals surface area contributed by atoms with Crippen molar-refractivity contribution in [2.75, 3.05) is 13.2 Å². The fourth-order valence-corrected chi connectivity index (χ4v) is 7.28. The van der Waals surface area contributed by atoms with E-state index in [-0.39, 0.29) is 24.8 Å². The van der Waals surface area contributed by atoms with E-state index in [9.17, 15) is 31.1 Å². The largest absolute Gasteiger partial charge is 0.462 e. The first-order chi connectivity index (χ1) is 18.4. The van der Waals surface area contributed by atoms with Gasteiger partial charge in [-0.05, 0) is 68.2 Å². The maximum atomic E-state index is 13.4.